The number of fused-ring (bicyclic) bond motifs is 9. The van der Waals surface area contributed by atoms with E-state index in [1.165, 1.54) is 60.0 Å². The van der Waals surface area contributed by atoms with E-state index in [0.29, 0.717) is 0 Å². The monoisotopic (exact) mass is 687 g/mol. The zero-order valence-corrected chi connectivity index (χ0v) is 29.4. The van der Waals surface area contributed by atoms with Crippen LogP contribution in [-0.2, 0) is 0 Å². The molecular formula is C52H33NO. The molecule has 1 aromatic heterocycles. The maximum atomic E-state index is 6.67. The molecule has 54 heavy (non-hydrogen) atoms. The van der Waals surface area contributed by atoms with E-state index < -0.39 is 0 Å². The lowest BCUT2D eigenvalue weighted by atomic mass is 9.97. The van der Waals surface area contributed by atoms with E-state index in [1.807, 2.05) is 0 Å². The van der Waals surface area contributed by atoms with Crippen molar-refractivity contribution in [1.82, 2.24) is 0 Å². The lowest BCUT2D eigenvalue weighted by Crippen LogP contribution is -2.10. The molecule has 0 aliphatic carbocycles. The molecule has 0 atom stereocenters. The molecule has 0 fully saturated rings. The van der Waals surface area contributed by atoms with Crippen molar-refractivity contribution in [2.24, 2.45) is 0 Å². The second-order valence-corrected chi connectivity index (χ2v) is 14.1. The molecule has 11 rings (SSSR count). The third-order valence-corrected chi connectivity index (χ3v) is 11.0. The average Bonchev–Trinajstić information content (AvgIpc) is 3.64. The van der Waals surface area contributed by atoms with Crippen molar-refractivity contribution in [2.75, 3.05) is 4.90 Å². The van der Waals surface area contributed by atoms with Gasteiger partial charge in [0.25, 0.3) is 0 Å². The highest BCUT2D eigenvalue weighted by Gasteiger charge is 2.21. The van der Waals surface area contributed by atoms with Gasteiger partial charge in [0.05, 0.1) is 11.1 Å². The summed E-state index contributed by atoms with van der Waals surface area (Å²) in [5, 5.41) is 12.0. The van der Waals surface area contributed by atoms with Crippen molar-refractivity contribution in [2.45, 2.75) is 0 Å². The molecule has 0 amide bonds. The van der Waals surface area contributed by atoms with Crippen LogP contribution in [-0.4, -0.2) is 0 Å². The van der Waals surface area contributed by atoms with Gasteiger partial charge in [-0.25, -0.2) is 0 Å². The van der Waals surface area contributed by atoms with Crippen LogP contribution >= 0.6 is 0 Å². The Morgan fingerprint density at radius 2 is 0.889 bits per heavy atom. The Kier molecular flexibility index (Phi) is 6.90. The summed E-state index contributed by atoms with van der Waals surface area (Å²) in [5.41, 5.74) is 9.74. The van der Waals surface area contributed by atoms with Crippen molar-refractivity contribution in [3.63, 3.8) is 0 Å². The van der Waals surface area contributed by atoms with Crippen LogP contribution in [0.4, 0.5) is 17.1 Å². The minimum absolute atomic E-state index is 0.870. The molecule has 252 valence electrons. The van der Waals surface area contributed by atoms with E-state index in [-0.39, 0.29) is 0 Å². The number of hydrogen-bond acceptors (Lipinski definition) is 2. The van der Waals surface area contributed by atoms with Crippen LogP contribution in [0.2, 0.25) is 0 Å². The summed E-state index contributed by atoms with van der Waals surface area (Å²) < 4.78 is 6.67. The maximum absolute atomic E-state index is 6.67. The summed E-state index contributed by atoms with van der Waals surface area (Å²) in [4.78, 5) is 2.38. The molecule has 0 bridgehead atoms. The van der Waals surface area contributed by atoms with Crippen LogP contribution in [0.25, 0.3) is 87.3 Å². The van der Waals surface area contributed by atoms with Crippen molar-refractivity contribution in [3.8, 4) is 22.3 Å². The summed E-state index contributed by atoms with van der Waals surface area (Å²) in [5.74, 6) is 0. The van der Waals surface area contributed by atoms with Gasteiger partial charge in [-0.3, -0.25) is 0 Å². The largest absolute Gasteiger partial charge is 0.455 e. The van der Waals surface area contributed by atoms with E-state index in [0.717, 1.165) is 44.4 Å². The summed E-state index contributed by atoms with van der Waals surface area (Å²) in [6, 6.07) is 72.3. The van der Waals surface area contributed by atoms with E-state index in [2.05, 4.69) is 205 Å². The first kappa shape index (κ1) is 30.5. The number of benzene rings is 10. The fourth-order valence-corrected chi connectivity index (χ4v) is 8.34. The highest BCUT2D eigenvalue weighted by atomic mass is 16.3. The van der Waals surface area contributed by atoms with Crippen molar-refractivity contribution in [1.29, 1.82) is 0 Å². The quantitative estimate of drug-likeness (QED) is 0.168. The van der Waals surface area contributed by atoms with E-state index >= 15 is 0 Å². The smallest absolute Gasteiger partial charge is 0.143 e. The second-order valence-electron chi connectivity index (χ2n) is 14.1. The van der Waals surface area contributed by atoms with Crippen molar-refractivity contribution < 1.29 is 4.42 Å². The first-order chi connectivity index (χ1) is 26.7. The van der Waals surface area contributed by atoms with E-state index in [4.69, 9.17) is 4.42 Å². The Morgan fingerprint density at radius 1 is 0.315 bits per heavy atom. The van der Waals surface area contributed by atoms with E-state index in [1.54, 1.807) is 0 Å². The Balaban J connectivity index is 1.08. The third-order valence-electron chi connectivity index (χ3n) is 11.0. The first-order valence-corrected chi connectivity index (χ1v) is 18.5. The molecule has 11 aromatic rings. The lowest BCUT2D eigenvalue weighted by molar-refractivity contribution is 0.672. The van der Waals surface area contributed by atoms with Gasteiger partial charge >= 0.3 is 0 Å². The Morgan fingerprint density at radius 3 is 1.76 bits per heavy atom. The van der Waals surface area contributed by atoms with Crippen LogP contribution in [0.5, 0.6) is 0 Å². The van der Waals surface area contributed by atoms with Crippen LogP contribution in [0.3, 0.4) is 0 Å². The number of rotatable bonds is 5. The third kappa shape index (κ3) is 4.96. The number of furan rings is 1. The van der Waals surface area contributed by atoms with Gasteiger partial charge in [-0.2, -0.15) is 0 Å². The normalized spacial score (nSPS) is 11.7. The fourth-order valence-electron chi connectivity index (χ4n) is 8.34. The molecule has 2 nitrogen and oxygen atoms in total. The first-order valence-electron chi connectivity index (χ1n) is 18.5. The molecule has 0 radical (unpaired) electrons. The van der Waals surface area contributed by atoms with Crippen LogP contribution in [0, 0.1) is 0 Å². The molecule has 10 aromatic carbocycles. The molecule has 1 heterocycles. The van der Waals surface area contributed by atoms with Gasteiger partial charge in [0.15, 0.2) is 0 Å². The number of anilines is 3. The highest BCUT2D eigenvalue weighted by molar-refractivity contribution is 6.19. The molecule has 0 aliphatic rings. The maximum Gasteiger partial charge on any atom is 0.143 e. The predicted octanol–water partition coefficient (Wildman–Crippen LogP) is 15.0. The second kappa shape index (κ2) is 12.2. The zero-order chi connectivity index (χ0) is 35.6. The molecule has 0 spiro atoms. The fraction of sp³-hybridized carbons (Fsp3) is 0. The van der Waals surface area contributed by atoms with Gasteiger partial charge in [-0.15, -0.1) is 0 Å². The van der Waals surface area contributed by atoms with Gasteiger partial charge in [-0.1, -0.05) is 146 Å². The molecule has 2 heteroatoms. The molecule has 0 saturated carbocycles. The molecule has 0 aliphatic heterocycles. The number of hydrogen-bond donors (Lipinski definition) is 0. The summed E-state index contributed by atoms with van der Waals surface area (Å²) in [6.07, 6.45) is 0. The average molecular weight is 688 g/mol. The molecular weight excluding hydrogens is 655 g/mol. The Hall–Kier alpha value is -7.16. The molecule has 0 saturated heterocycles. The Bertz CT molecular complexity index is 3230. The lowest BCUT2D eigenvalue weighted by Gasteiger charge is -2.27. The van der Waals surface area contributed by atoms with Gasteiger partial charge in [0.1, 0.15) is 11.2 Å². The van der Waals surface area contributed by atoms with Crippen LogP contribution < -0.4 is 4.90 Å². The number of nitrogens with zero attached hydrogens (tertiary/aromatic N) is 1. The minimum Gasteiger partial charge on any atom is -0.455 e. The van der Waals surface area contributed by atoms with Crippen LogP contribution in [0.1, 0.15) is 0 Å². The summed E-state index contributed by atoms with van der Waals surface area (Å²) in [6.45, 7) is 0. The summed E-state index contributed by atoms with van der Waals surface area (Å²) in [7, 11) is 0. The minimum atomic E-state index is 0.870. The molecule has 0 N–H and O–H groups in total. The predicted molar refractivity (Wildman–Crippen MR) is 229 cm³/mol. The van der Waals surface area contributed by atoms with Crippen molar-refractivity contribution >= 4 is 82.1 Å². The van der Waals surface area contributed by atoms with Gasteiger partial charge < -0.3 is 9.32 Å². The van der Waals surface area contributed by atoms with Crippen LogP contribution in [0.15, 0.2) is 205 Å². The topological polar surface area (TPSA) is 16.4 Å². The Labute approximate surface area is 312 Å². The van der Waals surface area contributed by atoms with E-state index in [9.17, 15) is 0 Å². The summed E-state index contributed by atoms with van der Waals surface area (Å²) >= 11 is 0. The zero-order valence-electron chi connectivity index (χ0n) is 29.4. The van der Waals surface area contributed by atoms with Gasteiger partial charge in [-0.05, 0) is 115 Å². The molecule has 0 unspecified atom stereocenters. The SMILES string of the molecule is c1cc(-c2ccc3ccccc3c2)cc(N(c2ccc(-c3ccc4c(ccc5ccccc54)c3)cc2)c2cccc3oc4c5ccccc5ccc4c23)c1. The van der Waals surface area contributed by atoms with Gasteiger partial charge in [0, 0.05) is 22.1 Å². The van der Waals surface area contributed by atoms with Gasteiger partial charge in [0.2, 0.25) is 0 Å². The standard InChI is InChI=1S/C52H33NO/c1-2-12-38-31-41(21-19-34(38)9-1)39-13-7-14-44(33-39)53(49-17-8-18-50-51(49)48-30-25-37-11-4-6-16-47(37)52(48)54-50)43-27-23-35(24-28-43)40-26-29-46-42(32-40)22-20-36-10-3-5-15-45(36)46/h1-33H. The highest BCUT2D eigenvalue weighted by Crippen LogP contribution is 2.45. The van der Waals surface area contributed by atoms with Crippen molar-refractivity contribution in [3.05, 3.63) is 200 Å².